The Labute approximate surface area is 131 Å². The van der Waals surface area contributed by atoms with Crippen molar-refractivity contribution in [3.8, 4) is 5.75 Å². The minimum atomic E-state index is -0.584. The summed E-state index contributed by atoms with van der Waals surface area (Å²) in [6, 6.07) is 7.64. The second-order valence-corrected chi connectivity index (χ2v) is 6.41. The van der Waals surface area contributed by atoms with E-state index in [1.54, 1.807) is 13.1 Å². The quantitative estimate of drug-likeness (QED) is 0.942. The summed E-state index contributed by atoms with van der Waals surface area (Å²) in [5, 5.41) is 7.08. The molecule has 0 aliphatic heterocycles. The van der Waals surface area contributed by atoms with Crippen LogP contribution < -0.4 is 10.1 Å². The van der Waals surface area contributed by atoms with E-state index in [4.69, 9.17) is 4.74 Å². The number of hydrogen-bond donors (Lipinski definition) is 1. The van der Waals surface area contributed by atoms with Gasteiger partial charge in [0.1, 0.15) is 5.75 Å². The Morgan fingerprint density at radius 1 is 1.36 bits per heavy atom. The smallest absolute Gasteiger partial charge is 0.265 e. The van der Waals surface area contributed by atoms with Crippen molar-refractivity contribution in [3.05, 3.63) is 42.2 Å². The molecular formula is C17H23N3O2. The molecule has 1 aromatic heterocycles. The molecule has 0 fully saturated rings. The average Bonchev–Trinajstić information content (AvgIpc) is 2.87. The Morgan fingerprint density at radius 3 is 2.68 bits per heavy atom. The molecule has 1 heterocycles. The molecular weight excluding hydrogens is 278 g/mol. The molecule has 0 aliphatic carbocycles. The van der Waals surface area contributed by atoms with Gasteiger partial charge in [0, 0.05) is 6.20 Å². The number of aryl methyl sites for hydroxylation is 1. The molecule has 0 saturated carbocycles. The zero-order valence-electron chi connectivity index (χ0n) is 13.8. The third-order valence-corrected chi connectivity index (χ3v) is 3.21. The highest BCUT2D eigenvalue weighted by atomic mass is 16.5. The van der Waals surface area contributed by atoms with Crippen LogP contribution in [0.1, 0.15) is 33.3 Å². The second-order valence-electron chi connectivity index (χ2n) is 6.41. The van der Waals surface area contributed by atoms with E-state index in [0.717, 1.165) is 5.56 Å². The number of amides is 1. The molecule has 118 valence electrons. The van der Waals surface area contributed by atoms with Gasteiger partial charge in [0.15, 0.2) is 6.10 Å². The summed E-state index contributed by atoms with van der Waals surface area (Å²) in [6.45, 7) is 9.86. The maximum Gasteiger partial charge on any atom is 0.265 e. The van der Waals surface area contributed by atoms with Crippen molar-refractivity contribution in [2.24, 2.45) is 0 Å². The van der Waals surface area contributed by atoms with Crippen molar-refractivity contribution >= 4 is 11.6 Å². The number of anilines is 1. The van der Waals surface area contributed by atoms with Crippen molar-refractivity contribution in [1.29, 1.82) is 0 Å². The van der Waals surface area contributed by atoms with E-state index in [9.17, 15) is 4.79 Å². The molecule has 2 rings (SSSR count). The van der Waals surface area contributed by atoms with Gasteiger partial charge >= 0.3 is 0 Å². The summed E-state index contributed by atoms with van der Waals surface area (Å²) in [7, 11) is 0. The van der Waals surface area contributed by atoms with Gasteiger partial charge in [-0.15, -0.1) is 0 Å². The number of carbonyl (C=O) groups is 1. The van der Waals surface area contributed by atoms with Gasteiger partial charge in [0.2, 0.25) is 0 Å². The Bertz CT molecular complexity index is 656. The van der Waals surface area contributed by atoms with Gasteiger partial charge in [-0.3, -0.25) is 9.48 Å². The normalized spacial score (nSPS) is 12.8. The van der Waals surface area contributed by atoms with Crippen LogP contribution in [0.15, 0.2) is 36.7 Å². The molecule has 1 N–H and O–H groups in total. The molecule has 5 nitrogen and oxygen atoms in total. The lowest BCUT2D eigenvalue weighted by Crippen LogP contribution is -2.30. The predicted molar refractivity (Wildman–Crippen MR) is 87.1 cm³/mol. The van der Waals surface area contributed by atoms with Crippen molar-refractivity contribution in [2.45, 2.75) is 46.3 Å². The Morgan fingerprint density at radius 2 is 2.09 bits per heavy atom. The van der Waals surface area contributed by atoms with Crippen LogP contribution in [-0.2, 0) is 10.3 Å². The molecule has 1 aromatic carbocycles. The van der Waals surface area contributed by atoms with E-state index < -0.39 is 6.10 Å². The molecule has 0 radical (unpaired) electrons. The Hall–Kier alpha value is -2.30. The first kappa shape index (κ1) is 16.1. The summed E-state index contributed by atoms with van der Waals surface area (Å²) in [5.41, 5.74) is 1.64. The largest absolute Gasteiger partial charge is 0.481 e. The number of nitrogens with one attached hydrogen (secondary N) is 1. The third-order valence-electron chi connectivity index (χ3n) is 3.21. The van der Waals surface area contributed by atoms with Crippen molar-refractivity contribution < 1.29 is 9.53 Å². The second kappa shape index (κ2) is 6.22. The van der Waals surface area contributed by atoms with Crippen molar-refractivity contribution in [2.75, 3.05) is 5.32 Å². The minimum Gasteiger partial charge on any atom is -0.481 e. The lowest BCUT2D eigenvalue weighted by Gasteiger charge is -2.18. The maximum absolute atomic E-state index is 12.2. The highest BCUT2D eigenvalue weighted by Gasteiger charge is 2.18. The summed E-state index contributed by atoms with van der Waals surface area (Å²) in [4.78, 5) is 12.2. The van der Waals surface area contributed by atoms with Gasteiger partial charge in [-0.2, -0.15) is 5.10 Å². The first-order valence-electron chi connectivity index (χ1n) is 7.35. The summed E-state index contributed by atoms with van der Waals surface area (Å²) in [5.74, 6) is 0.489. The predicted octanol–water partition coefficient (Wildman–Crippen LogP) is 3.35. The Balaban J connectivity index is 1.98. The monoisotopic (exact) mass is 301 g/mol. The fraction of sp³-hybridized carbons (Fsp3) is 0.412. The van der Waals surface area contributed by atoms with Crippen LogP contribution in [-0.4, -0.2) is 21.8 Å². The molecule has 22 heavy (non-hydrogen) atoms. The fourth-order valence-electron chi connectivity index (χ4n) is 1.94. The zero-order chi connectivity index (χ0) is 16.3. The van der Waals surface area contributed by atoms with E-state index in [2.05, 4.69) is 31.2 Å². The van der Waals surface area contributed by atoms with E-state index in [1.165, 1.54) is 0 Å². The van der Waals surface area contributed by atoms with E-state index in [-0.39, 0.29) is 11.4 Å². The van der Waals surface area contributed by atoms with Crippen molar-refractivity contribution in [1.82, 2.24) is 9.78 Å². The molecule has 1 atom stereocenters. The zero-order valence-corrected chi connectivity index (χ0v) is 13.8. The molecule has 0 spiro atoms. The number of carbonyl (C=O) groups excluding carboxylic acids is 1. The fourth-order valence-corrected chi connectivity index (χ4v) is 1.94. The van der Waals surface area contributed by atoms with E-state index >= 15 is 0 Å². The number of benzene rings is 1. The number of aromatic nitrogens is 2. The lowest BCUT2D eigenvalue weighted by atomic mass is 10.1. The minimum absolute atomic E-state index is 0.118. The number of ether oxygens (including phenoxy) is 1. The molecule has 1 unspecified atom stereocenters. The Kier molecular flexibility index (Phi) is 4.54. The number of hydrogen-bond acceptors (Lipinski definition) is 3. The van der Waals surface area contributed by atoms with Gasteiger partial charge in [-0.25, -0.2) is 0 Å². The molecule has 2 aromatic rings. The summed E-state index contributed by atoms with van der Waals surface area (Å²) < 4.78 is 7.48. The van der Waals surface area contributed by atoms with Crippen LogP contribution in [0.4, 0.5) is 5.69 Å². The van der Waals surface area contributed by atoms with Crippen LogP contribution in [0.25, 0.3) is 0 Å². The van der Waals surface area contributed by atoms with Gasteiger partial charge in [-0.05, 0) is 52.3 Å². The lowest BCUT2D eigenvalue weighted by molar-refractivity contribution is -0.122. The topological polar surface area (TPSA) is 56.1 Å². The number of nitrogens with zero attached hydrogens (tertiary/aromatic N) is 2. The molecule has 0 aliphatic rings. The standard InChI is InChI=1S/C17H23N3O2/c1-12-7-6-8-15(9-12)22-13(2)16(21)19-14-10-18-20(11-14)17(3,4)5/h6-11,13H,1-5H3,(H,19,21). The maximum atomic E-state index is 12.2. The highest BCUT2D eigenvalue weighted by molar-refractivity contribution is 5.93. The van der Waals surface area contributed by atoms with Gasteiger partial charge in [0.05, 0.1) is 17.4 Å². The SMILES string of the molecule is Cc1cccc(OC(C)C(=O)Nc2cnn(C(C)(C)C)c2)c1. The molecule has 0 bridgehead atoms. The average molecular weight is 301 g/mol. The molecule has 0 saturated heterocycles. The van der Waals surface area contributed by atoms with Crippen LogP contribution in [0.5, 0.6) is 5.75 Å². The van der Waals surface area contributed by atoms with Crippen LogP contribution in [0, 0.1) is 6.92 Å². The number of rotatable bonds is 4. The molecule has 1 amide bonds. The first-order chi connectivity index (χ1) is 10.3. The van der Waals surface area contributed by atoms with E-state index in [0.29, 0.717) is 11.4 Å². The van der Waals surface area contributed by atoms with Crippen LogP contribution in [0.3, 0.4) is 0 Å². The van der Waals surface area contributed by atoms with Crippen LogP contribution >= 0.6 is 0 Å². The summed E-state index contributed by atoms with van der Waals surface area (Å²) in [6.07, 6.45) is 2.87. The first-order valence-corrected chi connectivity index (χ1v) is 7.35. The summed E-state index contributed by atoms with van der Waals surface area (Å²) >= 11 is 0. The molecule has 5 heteroatoms. The van der Waals surface area contributed by atoms with Gasteiger partial charge in [-0.1, -0.05) is 12.1 Å². The third kappa shape index (κ3) is 4.10. The van der Waals surface area contributed by atoms with Crippen LogP contribution in [0.2, 0.25) is 0 Å². The van der Waals surface area contributed by atoms with Gasteiger partial charge in [0.25, 0.3) is 5.91 Å². The van der Waals surface area contributed by atoms with Gasteiger partial charge < -0.3 is 10.1 Å². The van der Waals surface area contributed by atoms with E-state index in [1.807, 2.05) is 42.1 Å². The highest BCUT2D eigenvalue weighted by Crippen LogP contribution is 2.17. The van der Waals surface area contributed by atoms with Crippen molar-refractivity contribution in [3.63, 3.8) is 0 Å².